The van der Waals surface area contributed by atoms with E-state index in [1.807, 2.05) is 0 Å². The first kappa shape index (κ1) is 7.07. The third-order valence-corrected chi connectivity index (χ3v) is 1.98. The Bertz CT molecular complexity index is 96.7. The highest BCUT2D eigenvalue weighted by Gasteiger charge is 2.46. The van der Waals surface area contributed by atoms with Gasteiger partial charge in [0.05, 0.1) is 11.7 Å². The smallest absolute Gasteiger partial charge is 0.0892 e. The van der Waals surface area contributed by atoms with Gasteiger partial charge >= 0.3 is 0 Å². The monoisotopic (exact) mass is 128 g/mol. The van der Waals surface area contributed by atoms with Crippen LogP contribution < -0.4 is 0 Å². The number of epoxide rings is 1. The minimum absolute atomic E-state index is 0.217. The second-order valence-electron chi connectivity index (χ2n) is 3.35. The third kappa shape index (κ3) is 1.68. The Morgan fingerprint density at radius 1 is 1.44 bits per heavy atom. The minimum atomic E-state index is 0.217. The highest BCUT2D eigenvalue weighted by Crippen LogP contribution is 2.38. The fraction of sp³-hybridized carbons (Fsp3) is 1.00. The van der Waals surface area contributed by atoms with Crippen LogP contribution >= 0.6 is 0 Å². The largest absolute Gasteiger partial charge is 0.367 e. The van der Waals surface area contributed by atoms with Crippen LogP contribution in [-0.2, 0) is 4.74 Å². The van der Waals surface area contributed by atoms with Crippen molar-refractivity contribution in [2.24, 2.45) is 0 Å². The van der Waals surface area contributed by atoms with Crippen LogP contribution in [0, 0.1) is 0 Å². The third-order valence-electron chi connectivity index (χ3n) is 1.98. The van der Waals surface area contributed by atoms with Crippen molar-refractivity contribution in [1.29, 1.82) is 0 Å². The molecule has 1 atom stereocenters. The summed E-state index contributed by atoms with van der Waals surface area (Å²) >= 11 is 0. The Morgan fingerprint density at radius 3 is 2.33 bits per heavy atom. The number of unbranched alkanes of at least 4 members (excludes halogenated alkanes) is 1. The summed E-state index contributed by atoms with van der Waals surface area (Å²) in [5.41, 5.74) is 0.217. The maximum atomic E-state index is 5.41. The van der Waals surface area contributed by atoms with Crippen molar-refractivity contribution in [2.75, 3.05) is 0 Å². The summed E-state index contributed by atoms with van der Waals surface area (Å²) in [6.45, 7) is 6.54. The molecule has 1 nitrogen and oxygen atoms in total. The summed E-state index contributed by atoms with van der Waals surface area (Å²) in [5.74, 6) is 0. The molecule has 0 aromatic carbocycles. The molecule has 0 aliphatic carbocycles. The first-order valence-corrected chi connectivity index (χ1v) is 3.84. The van der Waals surface area contributed by atoms with Crippen molar-refractivity contribution >= 4 is 0 Å². The number of hydrogen-bond acceptors (Lipinski definition) is 1. The molecule has 0 amide bonds. The van der Waals surface area contributed by atoms with Crippen molar-refractivity contribution in [2.45, 2.75) is 51.7 Å². The Hall–Kier alpha value is -0.0400. The predicted octanol–water partition coefficient (Wildman–Crippen LogP) is 2.35. The maximum Gasteiger partial charge on any atom is 0.0892 e. The Morgan fingerprint density at radius 2 is 2.00 bits per heavy atom. The molecule has 1 fully saturated rings. The van der Waals surface area contributed by atoms with Gasteiger partial charge in [-0.15, -0.1) is 0 Å². The van der Waals surface area contributed by atoms with Gasteiger partial charge in [-0.3, -0.25) is 0 Å². The van der Waals surface area contributed by atoms with E-state index in [1.165, 1.54) is 19.3 Å². The summed E-state index contributed by atoms with van der Waals surface area (Å²) in [5, 5.41) is 0. The van der Waals surface area contributed by atoms with Crippen molar-refractivity contribution < 1.29 is 4.74 Å². The van der Waals surface area contributed by atoms with Gasteiger partial charge in [-0.25, -0.2) is 0 Å². The first-order valence-electron chi connectivity index (χ1n) is 3.84. The lowest BCUT2D eigenvalue weighted by Crippen LogP contribution is -2.01. The van der Waals surface area contributed by atoms with E-state index in [2.05, 4.69) is 20.8 Å². The molecule has 1 unspecified atom stereocenters. The van der Waals surface area contributed by atoms with Crippen LogP contribution in [0.15, 0.2) is 0 Å². The van der Waals surface area contributed by atoms with Crippen molar-refractivity contribution in [3.63, 3.8) is 0 Å². The van der Waals surface area contributed by atoms with E-state index in [9.17, 15) is 0 Å². The average Bonchev–Trinajstić information content (AvgIpc) is 2.35. The molecular weight excluding hydrogens is 112 g/mol. The van der Waals surface area contributed by atoms with Gasteiger partial charge in [0, 0.05) is 0 Å². The van der Waals surface area contributed by atoms with Crippen molar-refractivity contribution in [3.05, 3.63) is 0 Å². The highest BCUT2D eigenvalue weighted by atomic mass is 16.6. The summed E-state index contributed by atoms with van der Waals surface area (Å²) < 4.78 is 5.41. The minimum Gasteiger partial charge on any atom is -0.367 e. The molecule has 1 rings (SSSR count). The van der Waals surface area contributed by atoms with Gasteiger partial charge in [0.15, 0.2) is 0 Å². The SMILES string of the molecule is CCCCC1OC1(C)C. The molecule has 0 spiro atoms. The van der Waals surface area contributed by atoms with E-state index < -0.39 is 0 Å². The maximum absolute atomic E-state index is 5.41. The molecule has 0 N–H and O–H groups in total. The zero-order valence-corrected chi connectivity index (χ0v) is 6.61. The molecule has 1 aliphatic rings. The molecule has 0 radical (unpaired) electrons. The van der Waals surface area contributed by atoms with E-state index in [4.69, 9.17) is 4.74 Å². The Kier molecular flexibility index (Phi) is 1.80. The zero-order chi connectivity index (χ0) is 6.91. The Balaban J connectivity index is 2.06. The molecule has 1 aliphatic heterocycles. The Labute approximate surface area is 57.4 Å². The molecule has 0 saturated carbocycles. The van der Waals surface area contributed by atoms with Crippen LogP contribution in [0.3, 0.4) is 0 Å². The molecule has 54 valence electrons. The van der Waals surface area contributed by atoms with Gasteiger partial charge in [-0.2, -0.15) is 0 Å². The average molecular weight is 128 g/mol. The van der Waals surface area contributed by atoms with E-state index in [0.29, 0.717) is 6.10 Å². The summed E-state index contributed by atoms with van der Waals surface area (Å²) in [6.07, 6.45) is 4.42. The van der Waals surface area contributed by atoms with Crippen LogP contribution in [0.2, 0.25) is 0 Å². The highest BCUT2D eigenvalue weighted by molar-refractivity contribution is 4.94. The number of rotatable bonds is 3. The molecule has 1 heterocycles. The number of ether oxygens (including phenoxy) is 1. The van der Waals surface area contributed by atoms with Crippen LogP contribution in [0.4, 0.5) is 0 Å². The number of hydrogen-bond donors (Lipinski definition) is 0. The van der Waals surface area contributed by atoms with Crippen molar-refractivity contribution in [3.8, 4) is 0 Å². The zero-order valence-electron chi connectivity index (χ0n) is 6.61. The van der Waals surface area contributed by atoms with Crippen LogP contribution in [0.25, 0.3) is 0 Å². The summed E-state index contributed by atoms with van der Waals surface area (Å²) in [4.78, 5) is 0. The second-order valence-corrected chi connectivity index (χ2v) is 3.35. The lowest BCUT2D eigenvalue weighted by molar-refractivity contribution is 0.318. The van der Waals surface area contributed by atoms with Gasteiger partial charge in [0.1, 0.15) is 0 Å². The van der Waals surface area contributed by atoms with Gasteiger partial charge in [-0.1, -0.05) is 19.8 Å². The van der Waals surface area contributed by atoms with Gasteiger partial charge in [0.2, 0.25) is 0 Å². The topological polar surface area (TPSA) is 12.5 Å². The molecule has 9 heavy (non-hydrogen) atoms. The fourth-order valence-electron chi connectivity index (χ4n) is 1.13. The molecule has 0 bridgehead atoms. The van der Waals surface area contributed by atoms with E-state index in [0.717, 1.165) is 0 Å². The van der Waals surface area contributed by atoms with E-state index in [1.54, 1.807) is 0 Å². The van der Waals surface area contributed by atoms with Gasteiger partial charge in [-0.05, 0) is 20.3 Å². The summed E-state index contributed by atoms with van der Waals surface area (Å²) in [7, 11) is 0. The molecular formula is C8H16O. The first-order chi connectivity index (χ1) is 4.17. The normalized spacial score (nSPS) is 30.3. The quantitative estimate of drug-likeness (QED) is 0.531. The van der Waals surface area contributed by atoms with E-state index >= 15 is 0 Å². The molecule has 1 saturated heterocycles. The standard InChI is InChI=1S/C8H16O/c1-4-5-6-7-8(2,3)9-7/h7H,4-6H2,1-3H3. The fourth-order valence-corrected chi connectivity index (χ4v) is 1.13. The van der Waals surface area contributed by atoms with Crippen LogP contribution in [0.1, 0.15) is 40.0 Å². The van der Waals surface area contributed by atoms with Crippen LogP contribution in [0.5, 0.6) is 0 Å². The molecule has 0 aromatic rings. The van der Waals surface area contributed by atoms with Gasteiger partial charge < -0.3 is 4.74 Å². The molecule has 1 heteroatoms. The lowest BCUT2D eigenvalue weighted by Gasteiger charge is -1.93. The van der Waals surface area contributed by atoms with E-state index in [-0.39, 0.29) is 5.60 Å². The van der Waals surface area contributed by atoms with Gasteiger partial charge in [0.25, 0.3) is 0 Å². The second kappa shape index (κ2) is 2.30. The molecule has 0 aromatic heterocycles. The lowest BCUT2D eigenvalue weighted by atomic mass is 10.1. The summed E-state index contributed by atoms with van der Waals surface area (Å²) in [6, 6.07) is 0. The van der Waals surface area contributed by atoms with Crippen molar-refractivity contribution in [1.82, 2.24) is 0 Å². The van der Waals surface area contributed by atoms with Crippen LogP contribution in [-0.4, -0.2) is 11.7 Å². The predicted molar refractivity (Wildman–Crippen MR) is 38.5 cm³/mol.